The highest BCUT2D eigenvalue weighted by Crippen LogP contribution is 2.30. The molecule has 0 aliphatic carbocycles. The molecule has 0 aliphatic heterocycles. The highest BCUT2D eigenvalue weighted by Gasteiger charge is 2.03. The highest BCUT2D eigenvalue weighted by atomic mass is 32.2. The van der Waals surface area contributed by atoms with Crippen LogP contribution in [0.1, 0.15) is 18.7 Å². The quantitative estimate of drug-likeness (QED) is 0.812. The molecule has 0 bridgehead atoms. The van der Waals surface area contributed by atoms with Crippen LogP contribution < -0.4 is 5.73 Å². The van der Waals surface area contributed by atoms with Gasteiger partial charge in [0.25, 0.3) is 0 Å². The smallest absolute Gasteiger partial charge is 0.0347 e. The SMILES string of the molecule is CC(C)SCc1cc2cc(N)ccc2s1. The Morgan fingerprint density at radius 2 is 2.13 bits per heavy atom. The summed E-state index contributed by atoms with van der Waals surface area (Å²) in [6.45, 7) is 4.46. The van der Waals surface area contributed by atoms with E-state index in [1.807, 2.05) is 29.2 Å². The zero-order valence-electron chi connectivity index (χ0n) is 8.99. The summed E-state index contributed by atoms with van der Waals surface area (Å²) in [5, 5.41) is 1.97. The maximum atomic E-state index is 5.75. The molecule has 0 aliphatic rings. The zero-order valence-corrected chi connectivity index (χ0v) is 10.6. The predicted octanol–water partition coefficient (Wildman–Crippen LogP) is 4.13. The number of hydrogen-bond donors (Lipinski definition) is 1. The van der Waals surface area contributed by atoms with Gasteiger partial charge in [0.15, 0.2) is 0 Å². The van der Waals surface area contributed by atoms with E-state index in [4.69, 9.17) is 5.73 Å². The van der Waals surface area contributed by atoms with E-state index in [0.717, 1.165) is 11.4 Å². The molecular weight excluding hydrogens is 222 g/mol. The molecule has 0 amide bonds. The van der Waals surface area contributed by atoms with E-state index in [1.54, 1.807) is 0 Å². The van der Waals surface area contributed by atoms with Crippen molar-refractivity contribution in [1.29, 1.82) is 0 Å². The number of anilines is 1. The lowest BCUT2D eigenvalue weighted by Crippen LogP contribution is -1.85. The van der Waals surface area contributed by atoms with Crippen LogP contribution in [-0.2, 0) is 5.75 Å². The molecule has 2 rings (SSSR count). The van der Waals surface area contributed by atoms with Crippen LogP contribution in [0.5, 0.6) is 0 Å². The topological polar surface area (TPSA) is 26.0 Å². The van der Waals surface area contributed by atoms with E-state index in [1.165, 1.54) is 15.0 Å². The van der Waals surface area contributed by atoms with Crippen LogP contribution in [0.4, 0.5) is 5.69 Å². The summed E-state index contributed by atoms with van der Waals surface area (Å²) < 4.78 is 1.34. The van der Waals surface area contributed by atoms with Crippen LogP contribution in [0.25, 0.3) is 10.1 Å². The minimum atomic E-state index is 0.695. The molecule has 1 nitrogen and oxygen atoms in total. The third-order valence-corrected chi connectivity index (χ3v) is 4.59. The van der Waals surface area contributed by atoms with Crippen molar-refractivity contribution in [2.45, 2.75) is 24.9 Å². The van der Waals surface area contributed by atoms with E-state index >= 15 is 0 Å². The summed E-state index contributed by atoms with van der Waals surface area (Å²) >= 11 is 3.85. The molecule has 2 N–H and O–H groups in total. The number of thiophene rings is 1. The lowest BCUT2D eigenvalue weighted by atomic mass is 10.2. The number of benzene rings is 1. The summed E-state index contributed by atoms with van der Waals surface area (Å²) in [5.41, 5.74) is 6.61. The van der Waals surface area contributed by atoms with Gasteiger partial charge in [0.05, 0.1) is 0 Å². The van der Waals surface area contributed by atoms with Crippen molar-refractivity contribution in [2.24, 2.45) is 0 Å². The van der Waals surface area contributed by atoms with Crippen LogP contribution >= 0.6 is 23.1 Å². The first-order valence-electron chi connectivity index (χ1n) is 5.04. The Morgan fingerprint density at radius 3 is 2.87 bits per heavy atom. The van der Waals surface area contributed by atoms with Crippen molar-refractivity contribution < 1.29 is 0 Å². The summed E-state index contributed by atoms with van der Waals surface area (Å²) in [4.78, 5) is 1.44. The highest BCUT2D eigenvalue weighted by molar-refractivity contribution is 7.99. The van der Waals surface area contributed by atoms with Crippen molar-refractivity contribution in [1.82, 2.24) is 0 Å². The van der Waals surface area contributed by atoms with Gasteiger partial charge in [0, 0.05) is 21.0 Å². The summed E-state index contributed by atoms with van der Waals surface area (Å²) in [7, 11) is 0. The molecule has 1 aromatic carbocycles. The molecule has 0 unspecified atom stereocenters. The van der Waals surface area contributed by atoms with Gasteiger partial charge in [-0.2, -0.15) is 11.8 Å². The Kier molecular flexibility index (Phi) is 3.22. The monoisotopic (exact) mass is 237 g/mol. The molecule has 3 heteroatoms. The molecule has 0 fully saturated rings. The van der Waals surface area contributed by atoms with Gasteiger partial charge in [-0.1, -0.05) is 13.8 Å². The first-order valence-corrected chi connectivity index (χ1v) is 6.91. The van der Waals surface area contributed by atoms with E-state index in [0.29, 0.717) is 5.25 Å². The van der Waals surface area contributed by atoms with Crippen molar-refractivity contribution in [3.05, 3.63) is 29.1 Å². The van der Waals surface area contributed by atoms with Crippen molar-refractivity contribution in [3.63, 3.8) is 0 Å². The number of thioether (sulfide) groups is 1. The predicted molar refractivity (Wildman–Crippen MR) is 72.7 cm³/mol. The molecule has 0 saturated carbocycles. The van der Waals surface area contributed by atoms with Gasteiger partial charge in [-0.25, -0.2) is 0 Å². The van der Waals surface area contributed by atoms with Gasteiger partial charge >= 0.3 is 0 Å². The Morgan fingerprint density at radius 1 is 1.33 bits per heavy atom. The molecule has 15 heavy (non-hydrogen) atoms. The molecule has 1 heterocycles. The minimum absolute atomic E-state index is 0.695. The van der Waals surface area contributed by atoms with Crippen molar-refractivity contribution >= 4 is 38.9 Å². The second kappa shape index (κ2) is 4.45. The van der Waals surface area contributed by atoms with Crippen LogP contribution in [0.2, 0.25) is 0 Å². The number of fused-ring (bicyclic) bond motifs is 1. The Balaban J connectivity index is 2.23. The standard InChI is InChI=1S/C12H15NS2/c1-8(2)14-7-11-6-9-5-10(13)3-4-12(9)15-11/h3-6,8H,7,13H2,1-2H3. The summed E-state index contributed by atoms with van der Waals surface area (Å²) in [6.07, 6.45) is 0. The average Bonchev–Trinajstić information content (AvgIpc) is 2.56. The maximum Gasteiger partial charge on any atom is 0.0347 e. The first-order chi connectivity index (χ1) is 7.15. The second-order valence-electron chi connectivity index (χ2n) is 3.87. The van der Waals surface area contributed by atoms with E-state index in [-0.39, 0.29) is 0 Å². The second-order valence-corrected chi connectivity index (χ2v) is 6.60. The minimum Gasteiger partial charge on any atom is -0.399 e. The maximum absolute atomic E-state index is 5.75. The normalized spacial score (nSPS) is 11.4. The molecular formula is C12H15NS2. The fourth-order valence-corrected chi connectivity index (χ4v) is 3.30. The van der Waals surface area contributed by atoms with E-state index in [9.17, 15) is 0 Å². The summed E-state index contributed by atoms with van der Waals surface area (Å²) in [6, 6.07) is 8.39. The average molecular weight is 237 g/mol. The summed E-state index contributed by atoms with van der Waals surface area (Å²) in [5.74, 6) is 1.11. The third kappa shape index (κ3) is 2.67. The lowest BCUT2D eigenvalue weighted by Gasteiger charge is -2.00. The van der Waals surface area contributed by atoms with Gasteiger partial charge < -0.3 is 5.73 Å². The van der Waals surface area contributed by atoms with Gasteiger partial charge in [0.1, 0.15) is 0 Å². The van der Waals surface area contributed by atoms with Gasteiger partial charge in [0.2, 0.25) is 0 Å². The third-order valence-electron chi connectivity index (χ3n) is 2.15. The molecule has 0 spiro atoms. The number of rotatable bonds is 3. The van der Waals surface area contributed by atoms with E-state index in [2.05, 4.69) is 32.0 Å². The Hall–Kier alpha value is -0.670. The van der Waals surface area contributed by atoms with Gasteiger partial charge in [-0.3, -0.25) is 0 Å². The fourth-order valence-electron chi connectivity index (χ4n) is 1.44. The van der Waals surface area contributed by atoms with Crippen molar-refractivity contribution in [2.75, 3.05) is 5.73 Å². The van der Waals surface area contributed by atoms with E-state index < -0.39 is 0 Å². The molecule has 0 radical (unpaired) electrons. The Bertz CT molecular complexity index is 460. The number of nitrogens with two attached hydrogens (primary N) is 1. The van der Waals surface area contributed by atoms with Crippen LogP contribution in [0, 0.1) is 0 Å². The Labute approximate surface area is 98.7 Å². The van der Waals surface area contributed by atoms with Crippen LogP contribution in [-0.4, -0.2) is 5.25 Å². The zero-order chi connectivity index (χ0) is 10.8. The molecule has 80 valence electrons. The van der Waals surface area contributed by atoms with Crippen LogP contribution in [0.15, 0.2) is 24.3 Å². The molecule has 2 aromatic rings. The fraction of sp³-hybridized carbons (Fsp3) is 0.333. The van der Waals surface area contributed by atoms with Gasteiger partial charge in [-0.15, -0.1) is 11.3 Å². The molecule has 1 aromatic heterocycles. The molecule has 0 saturated heterocycles. The first kappa shape index (κ1) is 10.8. The van der Waals surface area contributed by atoms with Gasteiger partial charge in [-0.05, 0) is 34.9 Å². The number of hydrogen-bond acceptors (Lipinski definition) is 3. The lowest BCUT2D eigenvalue weighted by molar-refractivity contribution is 1.11. The largest absolute Gasteiger partial charge is 0.399 e. The number of nitrogen functional groups attached to an aromatic ring is 1. The molecule has 0 atom stereocenters. The van der Waals surface area contributed by atoms with Crippen LogP contribution in [0.3, 0.4) is 0 Å². The van der Waals surface area contributed by atoms with Crippen molar-refractivity contribution in [3.8, 4) is 0 Å².